The Morgan fingerprint density at radius 2 is 0.889 bits per heavy atom. The van der Waals surface area contributed by atoms with E-state index in [0.717, 1.165) is 9.80 Å². The largest absolute Gasteiger partial charge is 0.390 e. The van der Waals surface area contributed by atoms with Crippen molar-refractivity contribution >= 4 is 65.0 Å². The SMILES string of the molecule is C/C=C/C[C@@H](C)C[C@H]1C(=O)N[C@@H](CC)C(=O)N(C)[C@H](COCCC)C(=O)N(C)[C@@H](CC(C)(C)O)C(=O)N[C@@H](C(C)C)C(=O)N(C)[C@@H](CC(C)C)C(=O)N[C@@H](C)C(=O)N[C@H](C)C(=O)N(C)[C@@H](CC(C)C)C(=O)N(C)[C@@H](CC(C)C)C(=O)N(C)[C@@H](C(C)C)C(=O)N1C. The third-order valence-corrected chi connectivity index (χ3v) is 16.8. The Hall–Kier alpha value is -6.17. The second kappa shape index (κ2) is 37.4. The summed E-state index contributed by atoms with van der Waals surface area (Å²) in [6, 6.07) is -13.7. The molecule has 0 aromatic rings. The van der Waals surface area contributed by atoms with Crippen LogP contribution in [-0.4, -0.2) is 239 Å². The number of ether oxygens (including phenoxy) is 1. The van der Waals surface area contributed by atoms with E-state index in [1.54, 1.807) is 34.6 Å². The molecule has 12 atom stereocenters. The van der Waals surface area contributed by atoms with Crippen LogP contribution in [0.5, 0.6) is 0 Å². The fourth-order valence-corrected chi connectivity index (χ4v) is 11.3. The van der Waals surface area contributed by atoms with Gasteiger partial charge in [-0.2, -0.15) is 0 Å². The fraction of sp³-hybridized carbons (Fsp3) is 0.803. The van der Waals surface area contributed by atoms with Crippen LogP contribution in [0, 0.1) is 35.5 Å². The van der Waals surface area contributed by atoms with Crippen LogP contribution >= 0.6 is 0 Å². The van der Waals surface area contributed by atoms with Gasteiger partial charge in [-0.3, -0.25) is 52.7 Å². The van der Waals surface area contributed by atoms with Gasteiger partial charge in [-0.1, -0.05) is 102 Å². The van der Waals surface area contributed by atoms with Gasteiger partial charge in [0.05, 0.1) is 12.2 Å². The zero-order chi connectivity index (χ0) is 69.7. The van der Waals surface area contributed by atoms with E-state index in [4.69, 9.17) is 4.74 Å². The lowest BCUT2D eigenvalue weighted by Gasteiger charge is -2.41. The summed E-state index contributed by atoms with van der Waals surface area (Å²) >= 11 is 0. The van der Waals surface area contributed by atoms with Gasteiger partial charge in [0.25, 0.3) is 0 Å². The van der Waals surface area contributed by atoms with E-state index < -0.39 is 149 Å². The molecule has 0 radical (unpaired) electrons. The number of allylic oxidation sites excluding steroid dienone is 2. The molecule has 1 aliphatic heterocycles. The molecule has 5 N–H and O–H groups in total. The van der Waals surface area contributed by atoms with Gasteiger partial charge in [0.15, 0.2) is 0 Å². The first kappa shape index (κ1) is 81.8. The highest BCUT2D eigenvalue weighted by molar-refractivity contribution is 6.00. The summed E-state index contributed by atoms with van der Waals surface area (Å²) in [4.78, 5) is 171. The summed E-state index contributed by atoms with van der Waals surface area (Å²) in [6.45, 7) is 31.1. The summed E-state index contributed by atoms with van der Waals surface area (Å²) in [5.74, 6) is -9.18. The summed E-state index contributed by atoms with van der Waals surface area (Å²) in [5, 5.41) is 22.4. The van der Waals surface area contributed by atoms with Crippen molar-refractivity contribution in [3.63, 3.8) is 0 Å². The Balaban J connectivity index is 4.48. The highest BCUT2D eigenvalue weighted by atomic mass is 16.5. The Kier molecular flexibility index (Phi) is 34.0. The number of hydrogen-bond donors (Lipinski definition) is 5. The molecule has 0 bridgehead atoms. The van der Waals surface area contributed by atoms with Gasteiger partial charge in [-0.25, -0.2) is 0 Å². The van der Waals surface area contributed by atoms with Crippen molar-refractivity contribution in [3.8, 4) is 0 Å². The molecule has 0 aromatic carbocycles. The molecule has 11 amide bonds. The smallest absolute Gasteiger partial charge is 0.248 e. The van der Waals surface area contributed by atoms with Crippen LogP contribution in [0.1, 0.15) is 176 Å². The maximum atomic E-state index is 15.3. The van der Waals surface area contributed by atoms with E-state index in [2.05, 4.69) is 21.3 Å². The van der Waals surface area contributed by atoms with Crippen LogP contribution in [0.4, 0.5) is 0 Å². The minimum Gasteiger partial charge on any atom is -0.390 e. The summed E-state index contributed by atoms with van der Waals surface area (Å²) < 4.78 is 5.95. The number of aliphatic hydroxyl groups is 1. The Labute approximate surface area is 539 Å². The second-order valence-electron chi connectivity index (χ2n) is 27.7. The van der Waals surface area contributed by atoms with Crippen molar-refractivity contribution < 1.29 is 62.6 Å². The lowest BCUT2D eigenvalue weighted by atomic mass is 9.93. The number of nitrogens with one attached hydrogen (secondary N) is 4. The zero-order valence-electron chi connectivity index (χ0n) is 59.5. The molecule has 1 rings (SSSR count). The summed E-state index contributed by atoms with van der Waals surface area (Å²) in [5.41, 5.74) is -1.57. The lowest BCUT2D eigenvalue weighted by Crippen LogP contribution is -2.62. The van der Waals surface area contributed by atoms with Crippen molar-refractivity contribution in [2.24, 2.45) is 35.5 Å². The maximum Gasteiger partial charge on any atom is 0.248 e. The maximum absolute atomic E-state index is 15.3. The van der Waals surface area contributed by atoms with Crippen molar-refractivity contribution in [2.75, 3.05) is 62.5 Å². The first-order valence-corrected chi connectivity index (χ1v) is 32.5. The molecular weight excluding hydrogens is 1150 g/mol. The van der Waals surface area contributed by atoms with E-state index in [0.29, 0.717) is 12.8 Å². The molecule has 24 nitrogen and oxygen atoms in total. The number of carbonyl (C=O) groups excluding carboxylic acids is 11. The van der Waals surface area contributed by atoms with Crippen molar-refractivity contribution in [1.29, 1.82) is 0 Å². The number of likely N-dealkylation sites (N-methyl/N-ethyl adjacent to an activating group) is 7. The molecule has 1 fully saturated rings. The molecule has 516 valence electrons. The summed E-state index contributed by atoms with van der Waals surface area (Å²) in [6.07, 6.45) is 5.20. The minimum absolute atomic E-state index is 0.0346. The predicted octanol–water partition coefficient (Wildman–Crippen LogP) is 4.21. The van der Waals surface area contributed by atoms with Gasteiger partial charge in [0.2, 0.25) is 65.0 Å². The third kappa shape index (κ3) is 23.8. The molecule has 0 unspecified atom stereocenters. The van der Waals surface area contributed by atoms with Crippen LogP contribution in [0.15, 0.2) is 12.2 Å². The first-order chi connectivity index (χ1) is 41.5. The third-order valence-electron chi connectivity index (χ3n) is 16.8. The number of carbonyl (C=O) groups is 11. The van der Waals surface area contributed by atoms with E-state index in [1.807, 2.05) is 74.5 Å². The van der Waals surface area contributed by atoms with Gasteiger partial charge in [-0.05, 0) is 115 Å². The summed E-state index contributed by atoms with van der Waals surface area (Å²) in [7, 11) is 10.0. The quantitative estimate of drug-likeness (QED) is 0.0897. The normalized spacial score (nSPS) is 26.7. The number of hydrogen-bond acceptors (Lipinski definition) is 13. The van der Waals surface area contributed by atoms with Crippen LogP contribution in [0.3, 0.4) is 0 Å². The molecule has 24 heteroatoms. The van der Waals surface area contributed by atoms with Gasteiger partial charge in [0, 0.05) is 62.4 Å². The Morgan fingerprint density at radius 1 is 0.478 bits per heavy atom. The van der Waals surface area contributed by atoms with Crippen LogP contribution in [-0.2, 0) is 57.5 Å². The average molecular weight is 1270 g/mol. The predicted molar refractivity (Wildman–Crippen MR) is 349 cm³/mol. The molecule has 0 aliphatic carbocycles. The van der Waals surface area contributed by atoms with Crippen molar-refractivity contribution in [2.45, 2.75) is 248 Å². The van der Waals surface area contributed by atoms with E-state index >= 15 is 24.0 Å². The molecule has 1 saturated heterocycles. The van der Waals surface area contributed by atoms with E-state index in [9.17, 15) is 33.9 Å². The molecule has 0 spiro atoms. The molecular formula is C66H119N11O13. The number of amides is 11. The van der Waals surface area contributed by atoms with Crippen LogP contribution in [0.25, 0.3) is 0 Å². The Bertz CT molecular complexity index is 2440. The highest BCUT2D eigenvalue weighted by Gasteiger charge is 2.45. The molecule has 90 heavy (non-hydrogen) atoms. The standard InChI is InChI=1S/C66H119N11O13/c1-26-29-30-43(14)35-48-57(80)69-46(28-3)60(83)76(24)52(37-90-31-27-2)63(86)75(23)51(36-66(17,18)89)58(81)70-53(41(10)11)64(87)71(19)47(32-38(4)5)56(79)67-44(15)55(78)68-45(16)59(82)73(21)49(33-39(6)7)61(84)74(22)50(34-40(8)9)62(85)77(25)54(42(12)13)65(88)72(48)20/h26,29,38-54,89H,27-28,30-37H2,1-25H3,(H,67,79)(H,68,78)(H,69,80)(H,70,81)/b29-26+/t43-,44+,45-,46+,47+,48+,49+,50+,51+,52-,53+,54+/m1/s1. The van der Waals surface area contributed by atoms with Gasteiger partial charge < -0.3 is 65.4 Å². The average Bonchev–Trinajstić information content (AvgIpc) is 0.861. The topological polar surface area (TPSA) is 288 Å². The zero-order valence-corrected chi connectivity index (χ0v) is 59.5. The van der Waals surface area contributed by atoms with Gasteiger partial charge in [-0.15, -0.1) is 0 Å². The Morgan fingerprint density at radius 3 is 1.36 bits per heavy atom. The molecule has 0 saturated carbocycles. The van der Waals surface area contributed by atoms with E-state index in [-0.39, 0.29) is 75.4 Å². The van der Waals surface area contributed by atoms with Gasteiger partial charge in [0.1, 0.15) is 66.5 Å². The molecule has 1 aliphatic rings. The second-order valence-corrected chi connectivity index (χ2v) is 27.7. The fourth-order valence-electron chi connectivity index (χ4n) is 11.3. The lowest BCUT2D eigenvalue weighted by molar-refractivity contribution is -0.156. The number of nitrogens with zero attached hydrogens (tertiary/aromatic N) is 7. The first-order valence-electron chi connectivity index (χ1n) is 32.5. The van der Waals surface area contributed by atoms with E-state index in [1.165, 1.54) is 102 Å². The van der Waals surface area contributed by atoms with Crippen LogP contribution in [0.2, 0.25) is 0 Å². The minimum atomic E-state index is -1.57. The molecule has 0 aromatic heterocycles. The number of rotatable bonds is 19. The van der Waals surface area contributed by atoms with Gasteiger partial charge >= 0.3 is 0 Å². The highest BCUT2D eigenvalue weighted by Crippen LogP contribution is 2.26. The van der Waals surface area contributed by atoms with Crippen molar-refractivity contribution in [1.82, 2.24) is 55.6 Å². The monoisotopic (exact) mass is 1270 g/mol. The van der Waals surface area contributed by atoms with Crippen molar-refractivity contribution in [3.05, 3.63) is 12.2 Å². The van der Waals surface area contributed by atoms with Crippen LogP contribution < -0.4 is 21.3 Å². The molecule has 1 heterocycles.